The molecule has 0 saturated heterocycles. The first-order valence-electron chi connectivity index (χ1n) is 5.15. The first-order chi connectivity index (χ1) is 7.95. The number of rotatable bonds is 4. The van der Waals surface area contributed by atoms with Crippen molar-refractivity contribution in [3.63, 3.8) is 0 Å². The lowest BCUT2D eigenvalue weighted by Crippen LogP contribution is -2.15. The second kappa shape index (κ2) is 6.38. The molecule has 2 unspecified atom stereocenters. The highest BCUT2D eigenvalue weighted by molar-refractivity contribution is 9.10. The van der Waals surface area contributed by atoms with E-state index in [2.05, 4.69) is 20.7 Å². The molecule has 0 heterocycles. The van der Waals surface area contributed by atoms with Gasteiger partial charge < -0.3 is 9.84 Å². The van der Waals surface area contributed by atoms with Gasteiger partial charge in [0.25, 0.3) is 0 Å². The predicted molar refractivity (Wildman–Crippen MR) is 69.9 cm³/mol. The third-order valence-corrected chi connectivity index (χ3v) is 3.46. The molecule has 0 aromatic heterocycles. The Morgan fingerprint density at radius 2 is 2.24 bits per heavy atom. The van der Waals surface area contributed by atoms with Gasteiger partial charge in [-0.25, -0.2) is 0 Å². The van der Waals surface area contributed by atoms with Crippen molar-refractivity contribution < 1.29 is 14.6 Å². The first-order valence-corrected chi connectivity index (χ1v) is 6.32. The number of aliphatic hydroxyl groups excluding tert-OH is 1. The van der Waals surface area contributed by atoms with Crippen LogP contribution in [0.5, 0.6) is 0 Å². The smallest absolute Gasteiger partial charge is 0.305 e. The summed E-state index contributed by atoms with van der Waals surface area (Å²) in [4.78, 5) is 11.1. The molecule has 1 aromatic rings. The highest BCUT2D eigenvalue weighted by Crippen LogP contribution is 2.32. The van der Waals surface area contributed by atoms with Gasteiger partial charge in [0.05, 0.1) is 19.6 Å². The van der Waals surface area contributed by atoms with Gasteiger partial charge in [-0.1, -0.05) is 40.5 Å². The van der Waals surface area contributed by atoms with Crippen molar-refractivity contribution in [2.75, 3.05) is 7.11 Å². The molecule has 1 rings (SSSR count). The molecule has 0 aliphatic heterocycles. The normalized spacial score (nSPS) is 14.2. The highest BCUT2D eigenvalue weighted by atomic mass is 79.9. The van der Waals surface area contributed by atoms with Gasteiger partial charge in [-0.2, -0.15) is 0 Å². The monoisotopic (exact) mass is 320 g/mol. The molecule has 94 valence electrons. The summed E-state index contributed by atoms with van der Waals surface area (Å²) in [5.74, 6) is -0.554. The van der Waals surface area contributed by atoms with E-state index in [9.17, 15) is 9.90 Å². The van der Waals surface area contributed by atoms with Gasteiger partial charge in [0, 0.05) is 9.50 Å². The molecule has 5 heteroatoms. The molecule has 17 heavy (non-hydrogen) atoms. The standard InChI is InChI=1S/C12H14BrClO3/c1-7(5-11(15)17-2)12(16)9-4-3-8(14)6-10(9)13/h3-4,6-7,12,16H,5H2,1-2H3. The van der Waals surface area contributed by atoms with Crippen molar-refractivity contribution in [1.82, 2.24) is 0 Å². The van der Waals surface area contributed by atoms with E-state index in [1.54, 1.807) is 25.1 Å². The molecule has 0 spiro atoms. The third kappa shape index (κ3) is 3.98. The maximum atomic E-state index is 11.1. The molecular formula is C12H14BrClO3. The van der Waals surface area contributed by atoms with Crippen LogP contribution in [0.4, 0.5) is 0 Å². The van der Waals surface area contributed by atoms with Gasteiger partial charge in [0.15, 0.2) is 0 Å². The van der Waals surface area contributed by atoms with Gasteiger partial charge in [0.1, 0.15) is 0 Å². The quantitative estimate of drug-likeness (QED) is 0.865. The Bertz CT molecular complexity index is 409. The fraction of sp³-hybridized carbons (Fsp3) is 0.417. The number of carbonyl (C=O) groups is 1. The van der Waals surface area contributed by atoms with E-state index >= 15 is 0 Å². The van der Waals surface area contributed by atoms with Crippen LogP contribution in [0.1, 0.15) is 25.0 Å². The Morgan fingerprint density at radius 3 is 2.76 bits per heavy atom. The summed E-state index contributed by atoms with van der Waals surface area (Å²) in [5.41, 5.74) is 0.714. The van der Waals surface area contributed by atoms with E-state index in [-0.39, 0.29) is 18.3 Å². The predicted octanol–water partition coefficient (Wildman–Crippen LogP) is 3.34. The molecule has 1 N–H and O–H groups in total. The number of benzene rings is 1. The number of hydrogen-bond donors (Lipinski definition) is 1. The van der Waals surface area contributed by atoms with Crippen LogP contribution in [-0.2, 0) is 9.53 Å². The largest absolute Gasteiger partial charge is 0.469 e. The van der Waals surface area contributed by atoms with Crippen LogP contribution in [-0.4, -0.2) is 18.2 Å². The number of ether oxygens (including phenoxy) is 1. The summed E-state index contributed by atoms with van der Waals surface area (Å²) in [5, 5.41) is 10.7. The lowest BCUT2D eigenvalue weighted by Gasteiger charge is -2.19. The lowest BCUT2D eigenvalue weighted by atomic mass is 9.95. The second-order valence-electron chi connectivity index (χ2n) is 3.87. The Balaban J connectivity index is 2.81. The maximum absolute atomic E-state index is 11.1. The Labute approximate surface area is 114 Å². The summed E-state index contributed by atoms with van der Waals surface area (Å²) < 4.78 is 5.30. The minimum atomic E-state index is -0.735. The minimum absolute atomic E-state index is 0.173. The first kappa shape index (κ1) is 14.5. The van der Waals surface area contributed by atoms with Gasteiger partial charge in [-0.15, -0.1) is 0 Å². The van der Waals surface area contributed by atoms with E-state index < -0.39 is 6.10 Å². The zero-order valence-corrected chi connectivity index (χ0v) is 12.0. The molecule has 0 saturated carbocycles. The van der Waals surface area contributed by atoms with E-state index in [0.717, 1.165) is 4.47 Å². The van der Waals surface area contributed by atoms with Crippen LogP contribution < -0.4 is 0 Å². The molecule has 0 amide bonds. The van der Waals surface area contributed by atoms with Crippen molar-refractivity contribution in [3.05, 3.63) is 33.3 Å². The van der Waals surface area contributed by atoms with Crippen molar-refractivity contribution in [1.29, 1.82) is 0 Å². The SMILES string of the molecule is COC(=O)CC(C)C(O)c1ccc(Cl)cc1Br. The summed E-state index contributed by atoms with van der Waals surface area (Å²) in [7, 11) is 1.33. The van der Waals surface area contributed by atoms with E-state index in [1.165, 1.54) is 7.11 Å². The van der Waals surface area contributed by atoms with Gasteiger partial charge in [-0.05, 0) is 23.6 Å². The highest BCUT2D eigenvalue weighted by Gasteiger charge is 2.21. The Kier molecular flexibility index (Phi) is 5.43. The fourth-order valence-corrected chi connectivity index (χ4v) is 2.42. The number of methoxy groups -OCH3 is 1. The summed E-state index contributed by atoms with van der Waals surface area (Å²) in [6.07, 6.45) is -0.562. The molecule has 0 aliphatic rings. The Morgan fingerprint density at radius 1 is 1.59 bits per heavy atom. The van der Waals surface area contributed by atoms with Crippen molar-refractivity contribution in [3.8, 4) is 0 Å². The molecular weight excluding hydrogens is 307 g/mol. The molecule has 3 nitrogen and oxygen atoms in total. The topological polar surface area (TPSA) is 46.5 Å². The number of carbonyl (C=O) groups excluding carboxylic acids is 1. The van der Waals surface area contributed by atoms with Crippen LogP contribution >= 0.6 is 27.5 Å². The Hall–Kier alpha value is -0.580. The van der Waals surface area contributed by atoms with E-state index in [4.69, 9.17) is 11.6 Å². The fourth-order valence-electron chi connectivity index (χ4n) is 1.51. The van der Waals surface area contributed by atoms with E-state index in [1.807, 2.05) is 0 Å². The second-order valence-corrected chi connectivity index (χ2v) is 5.16. The van der Waals surface area contributed by atoms with Crippen LogP contribution in [0, 0.1) is 5.92 Å². The van der Waals surface area contributed by atoms with Gasteiger partial charge in [0.2, 0.25) is 0 Å². The lowest BCUT2D eigenvalue weighted by molar-refractivity contribution is -0.142. The van der Waals surface area contributed by atoms with E-state index in [0.29, 0.717) is 10.6 Å². The molecule has 0 radical (unpaired) electrons. The van der Waals surface area contributed by atoms with Crippen LogP contribution in [0.15, 0.2) is 22.7 Å². The molecule has 1 aromatic carbocycles. The van der Waals surface area contributed by atoms with Crippen molar-refractivity contribution in [2.24, 2.45) is 5.92 Å². The number of hydrogen-bond acceptors (Lipinski definition) is 3. The minimum Gasteiger partial charge on any atom is -0.469 e. The average molecular weight is 322 g/mol. The van der Waals surface area contributed by atoms with Gasteiger partial charge in [-0.3, -0.25) is 4.79 Å². The van der Waals surface area contributed by atoms with Gasteiger partial charge >= 0.3 is 5.97 Å². The molecule has 0 aliphatic carbocycles. The number of halogens is 2. The van der Waals surface area contributed by atoms with Crippen LogP contribution in [0.25, 0.3) is 0 Å². The summed E-state index contributed by atoms with van der Waals surface area (Å²) >= 11 is 9.16. The van der Waals surface area contributed by atoms with Crippen LogP contribution in [0.3, 0.4) is 0 Å². The number of aliphatic hydroxyl groups is 1. The number of esters is 1. The molecule has 0 bridgehead atoms. The maximum Gasteiger partial charge on any atom is 0.305 e. The van der Waals surface area contributed by atoms with Crippen molar-refractivity contribution in [2.45, 2.75) is 19.4 Å². The summed E-state index contributed by atoms with van der Waals surface area (Å²) in [6.45, 7) is 1.79. The zero-order chi connectivity index (χ0) is 13.0. The van der Waals surface area contributed by atoms with Crippen molar-refractivity contribution >= 4 is 33.5 Å². The summed E-state index contributed by atoms with van der Waals surface area (Å²) in [6, 6.07) is 5.16. The molecule has 0 fully saturated rings. The third-order valence-electron chi connectivity index (χ3n) is 2.54. The zero-order valence-electron chi connectivity index (χ0n) is 9.61. The average Bonchev–Trinajstić information content (AvgIpc) is 2.28. The molecule has 2 atom stereocenters. The van der Waals surface area contributed by atoms with Crippen LogP contribution in [0.2, 0.25) is 5.02 Å².